The van der Waals surface area contributed by atoms with E-state index in [-0.39, 0.29) is 16.3 Å². The molecule has 0 atom stereocenters. The van der Waals surface area contributed by atoms with E-state index < -0.39 is 10.0 Å². The second-order valence-electron chi connectivity index (χ2n) is 9.68. The molecule has 4 rings (SSSR count). The molecule has 1 amide bonds. The molecule has 0 spiro atoms. The van der Waals surface area contributed by atoms with Crippen LogP contribution in [0.5, 0.6) is 0 Å². The summed E-state index contributed by atoms with van der Waals surface area (Å²) < 4.78 is 33.0. The van der Waals surface area contributed by atoms with E-state index in [0.29, 0.717) is 31.1 Å². The van der Waals surface area contributed by atoms with E-state index in [4.69, 9.17) is 4.74 Å². The van der Waals surface area contributed by atoms with Gasteiger partial charge in [0.15, 0.2) is 0 Å². The quantitative estimate of drug-likeness (QED) is 0.702. The van der Waals surface area contributed by atoms with Crippen molar-refractivity contribution in [2.24, 2.45) is 5.92 Å². The second-order valence-corrected chi connectivity index (χ2v) is 11.6. The maximum atomic E-state index is 12.9. The number of hydrogen-bond donors (Lipinski definition) is 1. The van der Waals surface area contributed by atoms with Crippen molar-refractivity contribution < 1.29 is 17.9 Å². The number of piperidine rings is 1. The third-order valence-electron chi connectivity index (χ3n) is 7.54. The highest BCUT2D eigenvalue weighted by atomic mass is 32.2. The first-order chi connectivity index (χ1) is 15.4. The molecule has 3 fully saturated rings. The summed E-state index contributed by atoms with van der Waals surface area (Å²) in [5, 5.41) is 3.15. The fourth-order valence-corrected chi connectivity index (χ4v) is 6.82. The molecule has 178 valence electrons. The molecular weight excluding hydrogens is 426 g/mol. The van der Waals surface area contributed by atoms with Crippen LogP contribution in [0.2, 0.25) is 0 Å². The molecule has 1 aliphatic carbocycles. The first-order valence-electron chi connectivity index (χ1n) is 12.1. The lowest BCUT2D eigenvalue weighted by Crippen LogP contribution is -2.59. The number of carbonyl (C=O) groups is 1. The number of hydrogen-bond acceptors (Lipinski definition) is 5. The van der Waals surface area contributed by atoms with E-state index in [1.807, 2.05) is 0 Å². The zero-order valence-electron chi connectivity index (χ0n) is 19.2. The zero-order chi connectivity index (χ0) is 22.6. The number of carbonyl (C=O) groups excluding carboxylic acids is 1. The molecule has 1 aromatic rings. The highest BCUT2D eigenvalue weighted by molar-refractivity contribution is 7.89. The summed E-state index contributed by atoms with van der Waals surface area (Å²) in [6.07, 6.45) is 7.61. The van der Waals surface area contributed by atoms with Gasteiger partial charge in [0.25, 0.3) is 5.91 Å². The van der Waals surface area contributed by atoms with Crippen LogP contribution in [-0.2, 0) is 14.8 Å². The normalized spacial score (nSPS) is 23.7. The Balaban J connectivity index is 1.40. The van der Waals surface area contributed by atoms with Gasteiger partial charge < -0.3 is 10.1 Å². The van der Waals surface area contributed by atoms with Crippen molar-refractivity contribution >= 4 is 15.9 Å². The minimum atomic E-state index is -3.50. The lowest BCUT2D eigenvalue weighted by Gasteiger charge is -2.48. The SMILES string of the molecule is CC1CCN(S(=O)(=O)c2ccc(C(=O)NCC3(N4CCOCC4)CCCCC3)cc2)CC1. The first kappa shape index (κ1) is 23.7. The minimum Gasteiger partial charge on any atom is -0.379 e. The number of benzene rings is 1. The number of rotatable bonds is 6. The van der Waals surface area contributed by atoms with Crippen molar-refractivity contribution in [3.05, 3.63) is 29.8 Å². The van der Waals surface area contributed by atoms with Crippen LogP contribution in [0.15, 0.2) is 29.2 Å². The van der Waals surface area contributed by atoms with E-state index in [9.17, 15) is 13.2 Å². The Morgan fingerprint density at radius 2 is 1.66 bits per heavy atom. The van der Waals surface area contributed by atoms with Gasteiger partial charge in [-0.25, -0.2) is 8.42 Å². The molecule has 32 heavy (non-hydrogen) atoms. The van der Waals surface area contributed by atoms with Gasteiger partial charge in [-0.1, -0.05) is 26.2 Å². The van der Waals surface area contributed by atoms with Crippen molar-refractivity contribution in [3.8, 4) is 0 Å². The Kier molecular flexibility index (Phi) is 7.54. The summed E-state index contributed by atoms with van der Waals surface area (Å²) in [5.41, 5.74) is 0.510. The Morgan fingerprint density at radius 3 is 2.28 bits per heavy atom. The van der Waals surface area contributed by atoms with Gasteiger partial charge in [0, 0.05) is 43.8 Å². The molecule has 8 heteroatoms. The van der Waals surface area contributed by atoms with E-state index in [1.165, 1.54) is 19.3 Å². The third kappa shape index (κ3) is 5.19. The van der Waals surface area contributed by atoms with Gasteiger partial charge in [0.2, 0.25) is 10.0 Å². The molecule has 0 radical (unpaired) electrons. The van der Waals surface area contributed by atoms with Gasteiger partial charge in [0.05, 0.1) is 18.1 Å². The van der Waals surface area contributed by atoms with Crippen LogP contribution in [0.25, 0.3) is 0 Å². The van der Waals surface area contributed by atoms with Crippen LogP contribution in [0.3, 0.4) is 0 Å². The standard InChI is InChI=1S/C24H37N3O4S/c1-20-9-13-27(14-10-20)32(29,30)22-7-5-21(6-8-22)23(28)25-19-24(11-3-2-4-12-24)26-15-17-31-18-16-26/h5-8,20H,2-4,9-19H2,1H3,(H,25,28). The summed E-state index contributed by atoms with van der Waals surface area (Å²) in [7, 11) is -3.50. The zero-order valence-corrected chi connectivity index (χ0v) is 20.0. The molecule has 0 aromatic heterocycles. The summed E-state index contributed by atoms with van der Waals surface area (Å²) in [5.74, 6) is 0.427. The molecule has 1 aromatic carbocycles. The molecule has 3 aliphatic rings. The molecule has 7 nitrogen and oxygen atoms in total. The van der Waals surface area contributed by atoms with Gasteiger partial charge in [-0.15, -0.1) is 0 Å². The van der Waals surface area contributed by atoms with Crippen LogP contribution in [0, 0.1) is 5.92 Å². The maximum absolute atomic E-state index is 12.9. The smallest absolute Gasteiger partial charge is 0.251 e. The Morgan fingerprint density at radius 1 is 1.03 bits per heavy atom. The molecule has 0 unspecified atom stereocenters. The molecule has 2 aliphatic heterocycles. The van der Waals surface area contributed by atoms with Crippen molar-refractivity contribution in [2.45, 2.75) is 62.3 Å². The van der Waals surface area contributed by atoms with E-state index in [0.717, 1.165) is 52.0 Å². The van der Waals surface area contributed by atoms with Gasteiger partial charge in [-0.3, -0.25) is 9.69 Å². The summed E-state index contributed by atoms with van der Waals surface area (Å²) in [6.45, 7) is 7.25. The molecule has 1 N–H and O–H groups in total. The predicted molar refractivity (Wildman–Crippen MR) is 124 cm³/mol. The Labute approximate surface area is 192 Å². The summed E-state index contributed by atoms with van der Waals surface area (Å²) in [6, 6.07) is 6.41. The van der Waals surface area contributed by atoms with Crippen LogP contribution < -0.4 is 5.32 Å². The van der Waals surface area contributed by atoms with Gasteiger partial charge >= 0.3 is 0 Å². The van der Waals surface area contributed by atoms with Gasteiger partial charge in [0.1, 0.15) is 0 Å². The molecule has 2 saturated heterocycles. The van der Waals surface area contributed by atoms with E-state index in [2.05, 4.69) is 17.1 Å². The van der Waals surface area contributed by atoms with Crippen molar-refractivity contribution in [2.75, 3.05) is 45.9 Å². The highest BCUT2D eigenvalue weighted by Crippen LogP contribution is 2.34. The van der Waals surface area contributed by atoms with Crippen LogP contribution in [0.4, 0.5) is 0 Å². The van der Waals surface area contributed by atoms with E-state index >= 15 is 0 Å². The van der Waals surface area contributed by atoms with Crippen LogP contribution in [-0.4, -0.2) is 75.0 Å². The van der Waals surface area contributed by atoms with Crippen LogP contribution in [0.1, 0.15) is 62.2 Å². The molecule has 0 bridgehead atoms. The number of morpholine rings is 1. The number of nitrogens with one attached hydrogen (secondary N) is 1. The predicted octanol–water partition coefficient (Wildman–Crippen LogP) is 2.87. The van der Waals surface area contributed by atoms with Gasteiger partial charge in [-0.05, 0) is 55.9 Å². The lowest BCUT2D eigenvalue weighted by atomic mass is 9.79. The number of nitrogens with zero attached hydrogens (tertiary/aromatic N) is 2. The number of ether oxygens (including phenoxy) is 1. The highest BCUT2D eigenvalue weighted by Gasteiger charge is 2.39. The summed E-state index contributed by atoms with van der Waals surface area (Å²) in [4.78, 5) is 15.7. The molecule has 1 saturated carbocycles. The number of amides is 1. The topological polar surface area (TPSA) is 79.0 Å². The first-order valence-corrected chi connectivity index (χ1v) is 13.6. The summed E-state index contributed by atoms with van der Waals surface area (Å²) >= 11 is 0. The molecule has 2 heterocycles. The maximum Gasteiger partial charge on any atom is 0.251 e. The Bertz CT molecular complexity index is 867. The fourth-order valence-electron chi connectivity index (χ4n) is 5.35. The minimum absolute atomic E-state index is 0.00632. The lowest BCUT2D eigenvalue weighted by molar-refractivity contribution is -0.0361. The van der Waals surface area contributed by atoms with Crippen molar-refractivity contribution in [3.63, 3.8) is 0 Å². The monoisotopic (exact) mass is 463 g/mol. The van der Waals surface area contributed by atoms with Gasteiger partial charge in [-0.2, -0.15) is 4.31 Å². The second kappa shape index (κ2) is 10.2. The van der Waals surface area contributed by atoms with Crippen molar-refractivity contribution in [1.82, 2.24) is 14.5 Å². The van der Waals surface area contributed by atoms with Crippen LogP contribution >= 0.6 is 0 Å². The third-order valence-corrected chi connectivity index (χ3v) is 9.45. The fraction of sp³-hybridized carbons (Fsp3) is 0.708. The Hall–Kier alpha value is -1.48. The average Bonchev–Trinajstić information content (AvgIpc) is 2.84. The number of sulfonamides is 1. The molecular formula is C24H37N3O4S. The largest absolute Gasteiger partial charge is 0.379 e. The average molecular weight is 464 g/mol. The van der Waals surface area contributed by atoms with E-state index in [1.54, 1.807) is 28.6 Å². The van der Waals surface area contributed by atoms with Crippen molar-refractivity contribution in [1.29, 1.82) is 0 Å².